The van der Waals surface area contributed by atoms with E-state index >= 15 is 0 Å². The topological polar surface area (TPSA) is 12.0 Å². The molecule has 0 bridgehead atoms. The Bertz CT molecular complexity index is 116. The van der Waals surface area contributed by atoms with Gasteiger partial charge in [-0.3, -0.25) is 0 Å². The van der Waals surface area contributed by atoms with E-state index in [4.69, 9.17) is 0 Å². The summed E-state index contributed by atoms with van der Waals surface area (Å²) in [7, 11) is 0. The van der Waals surface area contributed by atoms with Crippen LogP contribution in [0.3, 0.4) is 0 Å². The highest BCUT2D eigenvalue weighted by molar-refractivity contribution is 4.87. The predicted octanol–water partition coefficient (Wildman–Crippen LogP) is 2.56. The minimum Gasteiger partial charge on any atom is -0.314 e. The molecule has 0 radical (unpaired) electrons. The second-order valence-corrected chi connectivity index (χ2v) is 4.34. The van der Waals surface area contributed by atoms with Crippen LogP contribution in [0.1, 0.15) is 46.5 Å². The highest BCUT2D eigenvalue weighted by Crippen LogP contribution is 2.35. The first-order valence-electron chi connectivity index (χ1n) is 4.90. The number of hydrogen-bond donors (Lipinski definition) is 1. The Balaban J connectivity index is 2.45. The van der Waals surface area contributed by atoms with Gasteiger partial charge in [-0.25, -0.2) is 0 Å². The fraction of sp³-hybridized carbons (Fsp3) is 1.00. The van der Waals surface area contributed by atoms with E-state index in [9.17, 15) is 0 Å². The molecule has 0 spiro atoms. The molecular weight excluding hydrogens is 134 g/mol. The van der Waals surface area contributed by atoms with Gasteiger partial charge in [0, 0.05) is 6.04 Å². The summed E-state index contributed by atoms with van der Waals surface area (Å²) in [5.74, 6) is 0. The van der Waals surface area contributed by atoms with Gasteiger partial charge in [-0.2, -0.15) is 0 Å². The van der Waals surface area contributed by atoms with Crippen LogP contribution in [0.25, 0.3) is 0 Å². The molecule has 0 saturated heterocycles. The number of nitrogens with one attached hydrogen (secondary N) is 1. The first-order valence-corrected chi connectivity index (χ1v) is 4.90. The van der Waals surface area contributed by atoms with E-state index in [-0.39, 0.29) is 0 Å². The molecular formula is C10H21N. The zero-order chi connectivity index (χ0) is 8.32. The Labute approximate surface area is 70.6 Å². The summed E-state index contributed by atoms with van der Waals surface area (Å²) >= 11 is 0. The third-order valence-electron chi connectivity index (χ3n) is 2.96. The molecule has 1 saturated carbocycles. The van der Waals surface area contributed by atoms with Crippen molar-refractivity contribution in [3.63, 3.8) is 0 Å². The van der Waals surface area contributed by atoms with Crippen LogP contribution in [-0.2, 0) is 0 Å². The van der Waals surface area contributed by atoms with Gasteiger partial charge in [0.2, 0.25) is 0 Å². The van der Waals surface area contributed by atoms with Crippen LogP contribution in [0.2, 0.25) is 0 Å². The molecule has 11 heavy (non-hydrogen) atoms. The first-order chi connectivity index (χ1) is 5.17. The van der Waals surface area contributed by atoms with Crippen molar-refractivity contribution in [3.8, 4) is 0 Å². The van der Waals surface area contributed by atoms with Gasteiger partial charge in [0.15, 0.2) is 0 Å². The standard InChI is InChI=1S/C10H21N/c1-4-11-9-7-5-6-8-10(9,2)3/h9,11H,4-8H2,1-3H3. The van der Waals surface area contributed by atoms with Gasteiger partial charge in [-0.1, -0.05) is 33.6 Å². The molecule has 1 fully saturated rings. The summed E-state index contributed by atoms with van der Waals surface area (Å²) in [6.45, 7) is 8.09. The Hall–Kier alpha value is -0.0400. The monoisotopic (exact) mass is 155 g/mol. The summed E-state index contributed by atoms with van der Waals surface area (Å²) in [6.07, 6.45) is 5.61. The highest BCUT2D eigenvalue weighted by Gasteiger charge is 2.30. The molecule has 1 N–H and O–H groups in total. The third-order valence-corrected chi connectivity index (χ3v) is 2.96. The van der Waals surface area contributed by atoms with Gasteiger partial charge in [0.1, 0.15) is 0 Å². The summed E-state index contributed by atoms with van der Waals surface area (Å²) in [4.78, 5) is 0. The Kier molecular flexibility index (Phi) is 2.94. The van der Waals surface area contributed by atoms with Crippen LogP contribution in [0, 0.1) is 5.41 Å². The SMILES string of the molecule is CCNC1CCCCC1(C)C. The van der Waals surface area contributed by atoms with Crippen molar-refractivity contribution in [2.45, 2.75) is 52.5 Å². The lowest BCUT2D eigenvalue weighted by atomic mass is 9.73. The minimum absolute atomic E-state index is 0.536. The van der Waals surface area contributed by atoms with Gasteiger partial charge >= 0.3 is 0 Å². The number of hydrogen-bond acceptors (Lipinski definition) is 1. The van der Waals surface area contributed by atoms with Gasteiger partial charge in [-0.05, 0) is 24.8 Å². The van der Waals surface area contributed by atoms with Crippen LogP contribution in [0.5, 0.6) is 0 Å². The zero-order valence-corrected chi connectivity index (χ0v) is 8.11. The molecule has 1 heteroatoms. The molecule has 1 atom stereocenters. The van der Waals surface area contributed by atoms with Crippen molar-refractivity contribution in [3.05, 3.63) is 0 Å². The van der Waals surface area contributed by atoms with Gasteiger partial charge < -0.3 is 5.32 Å². The minimum atomic E-state index is 0.536. The van der Waals surface area contributed by atoms with E-state index in [0.717, 1.165) is 12.6 Å². The molecule has 0 aliphatic heterocycles. The summed E-state index contributed by atoms with van der Waals surface area (Å²) < 4.78 is 0. The number of rotatable bonds is 2. The average Bonchev–Trinajstić information content (AvgIpc) is 1.94. The molecule has 0 aromatic heterocycles. The molecule has 1 aliphatic rings. The second-order valence-electron chi connectivity index (χ2n) is 4.34. The molecule has 1 unspecified atom stereocenters. The normalized spacial score (nSPS) is 30.3. The largest absolute Gasteiger partial charge is 0.314 e. The maximum Gasteiger partial charge on any atom is 0.0118 e. The molecule has 0 aromatic rings. The van der Waals surface area contributed by atoms with Crippen molar-refractivity contribution >= 4 is 0 Å². The summed E-state index contributed by atoms with van der Waals surface area (Å²) in [6, 6.07) is 0.765. The molecule has 0 heterocycles. The Morgan fingerprint density at radius 2 is 2.09 bits per heavy atom. The van der Waals surface area contributed by atoms with Crippen LogP contribution < -0.4 is 5.32 Å². The van der Waals surface area contributed by atoms with Gasteiger partial charge in [0.25, 0.3) is 0 Å². The van der Waals surface area contributed by atoms with Crippen molar-refractivity contribution < 1.29 is 0 Å². The third kappa shape index (κ3) is 2.19. The maximum absolute atomic E-state index is 3.57. The van der Waals surface area contributed by atoms with Crippen molar-refractivity contribution in [1.82, 2.24) is 5.32 Å². The van der Waals surface area contributed by atoms with Crippen LogP contribution in [0.15, 0.2) is 0 Å². The van der Waals surface area contributed by atoms with Crippen molar-refractivity contribution in [2.24, 2.45) is 5.41 Å². The molecule has 0 amide bonds. The lowest BCUT2D eigenvalue weighted by molar-refractivity contribution is 0.170. The van der Waals surface area contributed by atoms with E-state index in [1.54, 1.807) is 0 Å². The molecule has 0 aromatic carbocycles. The van der Waals surface area contributed by atoms with Crippen LogP contribution in [0.4, 0.5) is 0 Å². The van der Waals surface area contributed by atoms with E-state index in [1.165, 1.54) is 25.7 Å². The molecule has 1 aliphatic carbocycles. The fourth-order valence-electron chi connectivity index (χ4n) is 2.12. The van der Waals surface area contributed by atoms with Crippen molar-refractivity contribution in [1.29, 1.82) is 0 Å². The second kappa shape index (κ2) is 3.57. The van der Waals surface area contributed by atoms with E-state index < -0.39 is 0 Å². The van der Waals surface area contributed by atoms with Crippen LogP contribution >= 0.6 is 0 Å². The first kappa shape index (κ1) is 9.05. The van der Waals surface area contributed by atoms with Crippen molar-refractivity contribution in [2.75, 3.05) is 6.54 Å². The maximum atomic E-state index is 3.57. The Morgan fingerprint density at radius 1 is 1.36 bits per heavy atom. The predicted molar refractivity (Wildman–Crippen MR) is 49.7 cm³/mol. The molecule has 1 rings (SSSR count). The zero-order valence-electron chi connectivity index (χ0n) is 8.11. The Morgan fingerprint density at radius 3 is 2.64 bits per heavy atom. The summed E-state index contributed by atoms with van der Waals surface area (Å²) in [5, 5.41) is 3.57. The van der Waals surface area contributed by atoms with Gasteiger partial charge in [0.05, 0.1) is 0 Å². The molecule has 1 nitrogen and oxygen atoms in total. The quantitative estimate of drug-likeness (QED) is 0.646. The van der Waals surface area contributed by atoms with E-state index in [1.807, 2.05) is 0 Å². The van der Waals surface area contributed by atoms with E-state index in [2.05, 4.69) is 26.1 Å². The highest BCUT2D eigenvalue weighted by atomic mass is 14.9. The fourth-order valence-corrected chi connectivity index (χ4v) is 2.12. The lowest BCUT2D eigenvalue weighted by Crippen LogP contribution is -2.43. The van der Waals surface area contributed by atoms with Crippen LogP contribution in [-0.4, -0.2) is 12.6 Å². The molecule has 66 valence electrons. The van der Waals surface area contributed by atoms with Gasteiger partial charge in [-0.15, -0.1) is 0 Å². The van der Waals surface area contributed by atoms with E-state index in [0.29, 0.717) is 5.41 Å². The summed E-state index contributed by atoms with van der Waals surface area (Å²) in [5.41, 5.74) is 0.536. The smallest absolute Gasteiger partial charge is 0.0118 e. The average molecular weight is 155 g/mol. The lowest BCUT2D eigenvalue weighted by Gasteiger charge is -2.39.